The zero-order valence-electron chi connectivity index (χ0n) is 12.3. The van der Waals surface area contributed by atoms with Crippen LogP contribution in [0.15, 0.2) is 0 Å². The van der Waals surface area contributed by atoms with E-state index in [0.717, 1.165) is 27.6 Å². The average molecular weight is 362 g/mol. The van der Waals surface area contributed by atoms with E-state index in [0.29, 0.717) is 0 Å². The van der Waals surface area contributed by atoms with Gasteiger partial charge in [-0.3, -0.25) is 0 Å². The molecule has 0 bridgehead atoms. The van der Waals surface area contributed by atoms with Crippen molar-refractivity contribution in [3.8, 4) is 0 Å². The molecule has 1 unspecified atom stereocenters. The molecule has 0 aromatic carbocycles. The quantitative estimate of drug-likeness (QED) is 0.411. The van der Waals surface area contributed by atoms with Crippen molar-refractivity contribution in [3.63, 3.8) is 0 Å². The monoisotopic (exact) mass is 362 g/mol. The zero-order valence-corrected chi connectivity index (χ0v) is 14.5. The SMILES string of the molecule is CCCC1CCC(C2CCC(C(C)I)CC2)CC1. The second kappa shape index (κ2) is 7.50. The highest BCUT2D eigenvalue weighted by Crippen LogP contribution is 2.43. The maximum Gasteiger partial charge on any atom is 0.0110 e. The van der Waals surface area contributed by atoms with Gasteiger partial charge in [0.1, 0.15) is 0 Å². The van der Waals surface area contributed by atoms with Crippen molar-refractivity contribution in [3.05, 3.63) is 0 Å². The summed E-state index contributed by atoms with van der Waals surface area (Å²) in [6.07, 6.45) is 15.2. The highest BCUT2D eigenvalue weighted by Gasteiger charge is 2.31. The fourth-order valence-corrected chi connectivity index (χ4v) is 5.15. The molecule has 0 nitrogen and oxygen atoms in total. The maximum atomic E-state index is 2.64. The third-order valence-electron chi connectivity index (χ3n) is 5.72. The highest BCUT2D eigenvalue weighted by atomic mass is 127. The molecule has 0 amide bonds. The Morgan fingerprint density at radius 3 is 1.83 bits per heavy atom. The molecular formula is C17H31I. The Labute approximate surface area is 128 Å². The smallest absolute Gasteiger partial charge is 0.0110 e. The van der Waals surface area contributed by atoms with Gasteiger partial charge in [0.25, 0.3) is 0 Å². The Kier molecular flexibility index (Phi) is 6.30. The highest BCUT2D eigenvalue weighted by molar-refractivity contribution is 14.1. The van der Waals surface area contributed by atoms with Gasteiger partial charge in [0.2, 0.25) is 0 Å². The second-order valence-electron chi connectivity index (χ2n) is 6.92. The number of hydrogen-bond donors (Lipinski definition) is 0. The molecular weight excluding hydrogens is 331 g/mol. The minimum absolute atomic E-state index is 0.892. The lowest BCUT2D eigenvalue weighted by Crippen LogP contribution is -2.27. The topological polar surface area (TPSA) is 0 Å². The van der Waals surface area contributed by atoms with Crippen LogP contribution in [-0.4, -0.2) is 3.92 Å². The molecule has 0 N–H and O–H groups in total. The van der Waals surface area contributed by atoms with Crippen molar-refractivity contribution in [1.82, 2.24) is 0 Å². The molecule has 0 heterocycles. The van der Waals surface area contributed by atoms with Crippen molar-refractivity contribution in [2.24, 2.45) is 23.7 Å². The predicted molar refractivity (Wildman–Crippen MR) is 89.3 cm³/mol. The normalized spacial score (nSPS) is 39.5. The van der Waals surface area contributed by atoms with Gasteiger partial charge in [0, 0.05) is 3.92 Å². The molecule has 2 fully saturated rings. The fraction of sp³-hybridized carbons (Fsp3) is 1.00. The van der Waals surface area contributed by atoms with E-state index in [2.05, 4.69) is 36.4 Å². The molecule has 0 aromatic rings. The minimum Gasteiger partial charge on any atom is -0.0826 e. The van der Waals surface area contributed by atoms with Gasteiger partial charge in [0.15, 0.2) is 0 Å². The number of alkyl halides is 1. The Hall–Kier alpha value is 0.730. The third kappa shape index (κ3) is 4.11. The van der Waals surface area contributed by atoms with Gasteiger partial charge in [-0.2, -0.15) is 0 Å². The molecule has 2 aliphatic carbocycles. The molecule has 0 aromatic heterocycles. The Balaban J connectivity index is 1.71. The molecule has 2 aliphatic rings. The van der Waals surface area contributed by atoms with E-state index in [-0.39, 0.29) is 0 Å². The van der Waals surface area contributed by atoms with Crippen molar-refractivity contribution < 1.29 is 0 Å². The third-order valence-corrected chi connectivity index (χ3v) is 6.74. The molecule has 0 radical (unpaired) electrons. The van der Waals surface area contributed by atoms with Gasteiger partial charge >= 0.3 is 0 Å². The second-order valence-corrected chi connectivity index (χ2v) is 8.89. The van der Waals surface area contributed by atoms with E-state index >= 15 is 0 Å². The van der Waals surface area contributed by atoms with Crippen LogP contribution in [0.2, 0.25) is 0 Å². The standard InChI is InChI=1S/C17H31I/c1-3-4-14-5-7-16(8-6-14)17-11-9-15(10-12-17)13(2)18/h13-17H,3-12H2,1-2H3. The van der Waals surface area contributed by atoms with E-state index < -0.39 is 0 Å². The van der Waals surface area contributed by atoms with E-state index in [1.165, 1.54) is 25.7 Å². The van der Waals surface area contributed by atoms with Gasteiger partial charge in [-0.05, 0) is 62.2 Å². The molecule has 2 rings (SSSR count). The Bertz CT molecular complexity index is 220. The lowest BCUT2D eigenvalue weighted by molar-refractivity contribution is 0.144. The van der Waals surface area contributed by atoms with E-state index in [1.807, 2.05) is 0 Å². The first kappa shape index (κ1) is 15.1. The van der Waals surface area contributed by atoms with Gasteiger partial charge in [-0.15, -0.1) is 0 Å². The van der Waals surface area contributed by atoms with Crippen LogP contribution in [0.25, 0.3) is 0 Å². The number of halogens is 1. The van der Waals surface area contributed by atoms with Gasteiger partial charge < -0.3 is 0 Å². The van der Waals surface area contributed by atoms with E-state index in [1.54, 1.807) is 38.5 Å². The van der Waals surface area contributed by atoms with Gasteiger partial charge in [-0.25, -0.2) is 0 Å². The van der Waals surface area contributed by atoms with Crippen LogP contribution < -0.4 is 0 Å². The Morgan fingerprint density at radius 2 is 1.39 bits per heavy atom. The number of rotatable bonds is 4. The summed E-state index contributed by atoms with van der Waals surface area (Å²) in [7, 11) is 0. The lowest BCUT2D eigenvalue weighted by atomic mass is 9.68. The predicted octanol–water partition coefficient (Wildman–Crippen LogP) is 6.22. The average Bonchev–Trinajstić information content (AvgIpc) is 2.40. The fourth-order valence-electron chi connectivity index (χ4n) is 4.43. The van der Waals surface area contributed by atoms with Crippen LogP contribution in [0, 0.1) is 23.7 Å². The summed E-state index contributed by atoms with van der Waals surface area (Å²) >= 11 is 2.64. The van der Waals surface area contributed by atoms with Crippen LogP contribution in [-0.2, 0) is 0 Å². The molecule has 106 valence electrons. The summed E-state index contributed by atoms with van der Waals surface area (Å²) in [5.74, 6) is 4.30. The lowest BCUT2D eigenvalue weighted by Gasteiger charge is -2.38. The summed E-state index contributed by atoms with van der Waals surface area (Å²) in [6.45, 7) is 4.75. The summed E-state index contributed by atoms with van der Waals surface area (Å²) < 4.78 is 0.892. The summed E-state index contributed by atoms with van der Waals surface area (Å²) in [6, 6.07) is 0. The van der Waals surface area contributed by atoms with Crippen LogP contribution in [0.1, 0.15) is 78.1 Å². The van der Waals surface area contributed by atoms with Crippen molar-refractivity contribution in [1.29, 1.82) is 0 Å². The zero-order chi connectivity index (χ0) is 13.0. The first-order valence-corrected chi connectivity index (χ1v) is 9.59. The van der Waals surface area contributed by atoms with Crippen LogP contribution >= 0.6 is 22.6 Å². The van der Waals surface area contributed by atoms with Crippen LogP contribution in [0.5, 0.6) is 0 Å². The van der Waals surface area contributed by atoms with E-state index in [9.17, 15) is 0 Å². The van der Waals surface area contributed by atoms with Gasteiger partial charge in [0.05, 0.1) is 0 Å². The maximum absolute atomic E-state index is 2.64. The Morgan fingerprint density at radius 1 is 0.889 bits per heavy atom. The van der Waals surface area contributed by atoms with Crippen molar-refractivity contribution >= 4 is 22.6 Å². The summed E-state index contributed by atoms with van der Waals surface area (Å²) in [4.78, 5) is 0. The largest absolute Gasteiger partial charge is 0.0826 e. The summed E-state index contributed by atoms with van der Waals surface area (Å²) in [5.41, 5.74) is 0. The van der Waals surface area contributed by atoms with Crippen molar-refractivity contribution in [2.45, 2.75) is 82.0 Å². The number of hydrogen-bond acceptors (Lipinski definition) is 0. The molecule has 1 atom stereocenters. The minimum atomic E-state index is 0.892. The molecule has 0 saturated heterocycles. The van der Waals surface area contributed by atoms with Crippen molar-refractivity contribution in [2.75, 3.05) is 0 Å². The molecule has 0 aliphatic heterocycles. The first-order chi connectivity index (χ1) is 8.70. The molecule has 2 saturated carbocycles. The van der Waals surface area contributed by atoms with Gasteiger partial charge in [-0.1, -0.05) is 62.1 Å². The molecule has 0 spiro atoms. The molecule has 18 heavy (non-hydrogen) atoms. The first-order valence-electron chi connectivity index (χ1n) is 8.34. The van der Waals surface area contributed by atoms with E-state index in [4.69, 9.17) is 0 Å². The van der Waals surface area contributed by atoms with Crippen LogP contribution in [0.4, 0.5) is 0 Å². The summed E-state index contributed by atoms with van der Waals surface area (Å²) in [5, 5.41) is 0. The molecule has 1 heteroatoms. The van der Waals surface area contributed by atoms with Crippen LogP contribution in [0.3, 0.4) is 0 Å².